The van der Waals surface area contributed by atoms with Gasteiger partial charge >= 0.3 is 0 Å². The van der Waals surface area contributed by atoms with Crippen LogP contribution in [-0.2, 0) is 22.6 Å². The molecular formula is C10H15N3O2S. The molecule has 1 aromatic rings. The zero-order valence-corrected chi connectivity index (χ0v) is 9.97. The molecule has 0 fully saturated rings. The van der Waals surface area contributed by atoms with Gasteiger partial charge in [0.05, 0.1) is 23.8 Å². The summed E-state index contributed by atoms with van der Waals surface area (Å²) in [5, 5.41) is 3.44. The van der Waals surface area contributed by atoms with Crippen molar-refractivity contribution in [3.05, 3.63) is 10.6 Å². The number of amides is 1. The summed E-state index contributed by atoms with van der Waals surface area (Å²) in [6.45, 7) is 3.46. The van der Waals surface area contributed by atoms with Crippen molar-refractivity contribution in [3.8, 4) is 0 Å². The molecule has 1 unspecified atom stereocenters. The fourth-order valence-corrected chi connectivity index (χ4v) is 2.36. The third kappa shape index (κ3) is 2.40. The molecule has 3 N–H and O–H groups in total. The number of carbonyl (C=O) groups excluding carboxylic acids is 1. The quantitative estimate of drug-likeness (QED) is 0.818. The van der Waals surface area contributed by atoms with E-state index in [4.69, 9.17) is 10.5 Å². The van der Waals surface area contributed by atoms with Crippen molar-refractivity contribution in [3.63, 3.8) is 0 Å². The molecule has 1 aliphatic rings. The molecule has 1 atom stereocenters. The summed E-state index contributed by atoms with van der Waals surface area (Å²) >= 11 is 1.48. The number of nitrogens with zero attached hydrogens (tertiary/aromatic N) is 1. The van der Waals surface area contributed by atoms with Crippen molar-refractivity contribution in [2.45, 2.75) is 20.0 Å². The van der Waals surface area contributed by atoms with Gasteiger partial charge in [0.25, 0.3) is 0 Å². The number of rotatable bonds is 3. The van der Waals surface area contributed by atoms with Crippen LogP contribution in [0, 0.1) is 5.92 Å². The van der Waals surface area contributed by atoms with Crippen LogP contribution in [0.3, 0.4) is 0 Å². The number of hydrogen-bond donors (Lipinski definition) is 2. The van der Waals surface area contributed by atoms with E-state index >= 15 is 0 Å². The van der Waals surface area contributed by atoms with Crippen LogP contribution in [0.15, 0.2) is 0 Å². The van der Waals surface area contributed by atoms with Crippen LogP contribution < -0.4 is 11.1 Å². The number of nitrogens with one attached hydrogen (secondary N) is 1. The summed E-state index contributed by atoms with van der Waals surface area (Å²) < 4.78 is 5.32. The van der Waals surface area contributed by atoms with Gasteiger partial charge in [0.2, 0.25) is 5.91 Å². The van der Waals surface area contributed by atoms with Gasteiger partial charge in [-0.15, -0.1) is 0 Å². The first-order chi connectivity index (χ1) is 7.70. The standard InChI is InChI=1S/C10H15N3O2S/c1-6(4-11)9(14)13-10-12-7-2-3-15-5-8(7)16-10/h6H,2-5,11H2,1H3,(H,12,13,14). The van der Waals surface area contributed by atoms with E-state index in [1.165, 1.54) is 11.3 Å². The molecule has 0 aromatic carbocycles. The van der Waals surface area contributed by atoms with E-state index in [1.807, 2.05) is 0 Å². The maximum Gasteiger partial charge on any atom is 0.230 e. The number of hydrogen-bond acceptors (Lipinski definition) is 5. The molecule has 0 radical (unpaired) electrons. The molecule has 1 aliphatic heterocycles. The Labute approximate surface area is 98.0 Å². The minimum atomic E-state index is -0.183. The molecule has 16 heavy (non-hydrogen) atoms. The lowest BCUT2D eigenvalue weighted by Gasteiger charge is -2.08. The van der Waals surface area contributed by atoms with Crippen LogP contribution in [0.1, 0.15) is 17.5 Å². The van der Waals surface area contributed by atoms with Gasteiger partial charge in [-0.2, -0.15) is 0 Å². The molecule has 0 aliphatic carbocycles. The average Bonchev–Trinajstić information content (AvgIpc) is 2.69. The van der Waals surface area contributed by atoms with E-state index in [1.54, 1.807) is 6.92 Å². The van der Waals surface area contributed by atoms with E-state index < -0.39 is 0 Å². The lowest BCUT2D eigenvalue weighted by Crippen LogP contribution is -2.26. The highest BCUT2D eigenvalue weighted by Crippen LogP contribution is 2.27. The van der Waals surface area contributed by atoms with Crippen molar-refractivity contribution in [1.29, 1.82) is 0 Å². The second-order valence-electron chi connectivity index (χ2n) is 3.82. The van der Waals surface area contributed by atoms with Gasteiger partial charge in [-0.05, 0) is 0 Å². The Bertz CT molecular complexity index is 368. The lowest BCUT2D eigenvalue weighted by atomic mass is 10.2. The summed E-state index contributed by atoms with van der Waals surface area (Å²) in [5.41, 5.74) is 6.47. The Hall–Kier alpha value is -0.980. The monoisotopic (exact) mass is 241 g/mol. The fourth-order valence-electron chi connectivity index (χ4n) is 1.41. The summed E-state index contributed by atoms with van der Waals surface area (Å²) in [4.78, 5) is 17.1. The van der Waals surface area contributed by atoms with Gasteiger partial charge < -0.3 is 15.8 Å². The van der Waals surface area contributed by atoms with E-state index in [0.29, 0.717) is 24.9 Å². The van der Waals surface area contributed by atoms with E-state index in [9.17, 15) is 4.79 Å². The highest BCUT2D eigenvalue weighted by Gasteiger charge is 2.18. The molecule has 1 aromatic heterocycles. The van der Waals surface area contributed by atoms with Gasteiger partial charge in [-0.1, -0.05) is 18.3 Å². The Morgan fingerprint density at radius 2 is 2.56 bits per heavy atom. The van der Waals surface area contributed by atoms with Crippen molar-refractivity contribution >= 4 is 22.4 Å². The molecule has 0 bridgehead atoms. The van der Waals surface area contributed by atoms with Gasteiger partial charge in [-0.25, -0.2) is 4.98 Å². The maximum absolute atomic E-state index is 11.6. The molecule has 0 saturated carbocycles. The predicted molar refractivity (Wildman–Crippen MR) is 62.3 cm³/mol. The SMILES string of the molecule is CC(CN)C(=O)Nc1nc2c(s1)COCC2. The molecule has 0 saturated heterocycles. The largest absolute Gasteiger partial charge is 0.375 e. The van der Waals surface area contributed by atoms with Crippen LogP contribution in [0.2, 0.25) is 0 Å². The highest BCUT2D eigenvalue weighted by molar-refractivity contribution is 7.15. The van der Waals surface area contributed by atoms with Crippen molar-refractivity contribution in [2.75, 3.05) is 18.5 Å². The number of anilines is 1. The lowest BCUT2D eigenvalue weighted by molar-refractivity contribution is -0.119. The van der Waals surface area contributed by atoms with Crippen LogP contribution in [-0.4, -0.2) is 24.0 Å². The van der Waals surface area contributed by atoms with Crippen molar-refractivity contribution < 1.29 is 9.53 Å². The number of carbonyl (C=O) groups is 1. The highest BCUT2D eigenvalue weighted by atomic mass is 32.1. The van der Waals surface area contributed by atoms with Crippen LogP contribution in [0.4, 0.5) is 5.13 Å². The topological polar surface area (TPSA) is 77.2 Å². The van der Waals surface area contributed by atoms with Gasteiger partial charge in [0.1, 0.15) is 0 Å². The van der Waals surface area contributed by atoms with Crippen molar-refractivity contribution in [1.82, 2.24) is 4.98 Å². The first-order valence-electron chi connectivity index (χ1n) is 5.28. The van der Waals surface area contributed by atoms with Crippen LogP contribution in [0.5, 0.6) is 0 Å². The number of fused-ring (bicyclic) bond motifs is 1. The van der Waals surface area contributed by atoms with E-state index in [2.05, 4.69) is 10.3 Å². The Balaban J connectivity index is 2.05. The summed E-state index contributed by atoms with van der Waals surface area (Å²) in [6.07, 6.45) is 0.828. The smallest absolute Gasteiger partial charge is 0.230 e. The molecule has 1 amide bonds. The minimum absolute atomic E-state index is 0.0745. The van der Waals surface area contributed by atoms with Gasteiger partial charge in [-0.3, -0.25) is 4.79 Å². The summed E-state index contributed by atoms with van der Waals surface area (Å²) in [5.74, 6) is -0.258. The van der Waals surface area contributed by atoms with E-state index in [0.717, 1.165) is 17.0 Å². The Morgan fingerprint density at radius 3 is 3.25 bits per heavy atom. The summed E-state index contributed by atoms with van der Waals surface area (Å²) in [7, 11) is 0. The fraction of sp³-hybridized carbons (Fsp3) is 0.600. The number of nitrogens with two attached hydrogens (primary N) is 1. The molecule has 88 valence electrons. The Kier molecular flexibility index (Phi) is 3.52. The third-order valence-electron chi connectivity index (χ3n) is 2.53. The normalized spacial score (nSPS) is 16.6. The van der Waals surface area contributed by atoms with Crippen LogP contribution in [0.25, 0.3) is 0 Å². The minimum Gasteiger partial charge on any atom is -0.375 e. The van der Waals surface area contributed by atoms with Crippen LogP contribution >= 0.6 is 11.3 Å². The molecule has 2 heterocycles. The first-order valence-corrected chi connectivity index (χ1v) is 6.09. The third-order valence-corrected chi connectivity index (χ3v) is 3.51. The van der Waals surface area contributed by atoms with Crippen molar-refractivity contribution in [2.24, 2.45) is 11.7 Å². The molecule has 6 heteroatoms. The zero-order chi connectivity index (χ0) is 11.5. The Morgan fingerprint density at radius 1 is 1.75 bits per heavy atom. The molecule has 5 nitrogen and oxygen atoms in total. The predicted octanol–water partition coefficient (Wildman–Crippen LogP) is 0.749. The second-order valence-corrected chi connectivity index (χ2v) is 4.90. The molecular weight excluding hydrogens is 226 g/mol. The molecule has 0 spiro atoms. The number of ether oxygens (including phenoxy) is 1. The van der Waals surface area contributed by atoms with Gasteiger partial charge in [0.15, 0.2) is 5.13 Å². The average molecular weight is 241 g/mol. The van der Waals surface area contributed by atoms with E-state index in [-0.39, 0.29) is 11.8 Å². The first kappa shape index (κ1) is 11.5. The summed E-state index contributed by atoms with van der Waals surface area (Å²) in [6, 6.07) is 0. The zero-order valence-electron chi connectivity index (χ0n) is 9.16. The second kappa shape index (κ2) is 4.90. The number of aromatic nitrogens is 1. The molecule has 2 rings (SSSR count). The number of thiazole rings is 1. The van der Waals surface area contributed by atoms with Gasteiger partial charge in [0, 0.05) is 18.9 Å². The maximum atomic E-state index is 11.6.